The van der Waals surface area contributed by atoms with Gasteiger partial charge in [-0.15, -0.1) is 0 Å². The molecule has 1 aromatic heterocycles. The van der Waals surface area contributed by atoms with Crippen LogP contribution in [-0.4, -0.2) is 17.1 Å². The number of benzene rings is 1. The van der Waals surface area contributed by atoms with Crippen molar-refractivity contribution in [3.05, 3.63) is 46.5 Å². The Morgan fingerprint density at radius 3 is 2.60 bits per heavy atom. The van der Waals surface area contributed by atoms with Crippen LogP contribution in [0.25, 0.3) is 0 Å². The first kappa shape index (κ1) is 14.6. The fraction of sp³-hybridized carbons (Fsp3) is 0.333. The van der Waals surface area contributed by atoms with Crippen LogP contribution in [0.5, 0.6) is 11.5 Å². The highest BCUT2D eigenvalue weighted by atomic mass is 35.5. The minimum absolute atomic E-state index is 0.253. The molecule has 0 radical (unpaired) electrons. The van der Waals surface area contributed by atoms with E-state index in [1.54, 1.807) is 13.2 Å². The van der Waals surface area contributed by atoms with Crippen molar-refractivity contribution in [3.63, 3.8) is 0 Å². The molecule has 4 nitrogen and oxygen atoms in total. The summed E-state index contributed by atoms with van der Waals surface area (Å²) in [6.07, 6.45) is 0.952. The van der Waals surface area contributed by atoms with E-state index in [1.165, 1.54) is 5.56 Å². The van der Waals surface area contributed by atoms with Gasteiger partial charge in [0.2, 0.25) is 0 Å². The number of rotatable bonds is 5. The van der Waals surface area contributed by atoms with Crippen molar-refractivity contribution in [2.24, 2.45) is 0 Å². The van der Waals surface area contributed by atoms with Gasteiger partial charge in [-0.05, 0) is 37.1 Å². The fourth-order valence-corrected chi connectivity index (χ4v) is 2.10. The van der Waals surface area contributed by atoms with Gasteiger partial charge in [0.1, 0.15) is 11.8 Å². The first-order valence-corrected chi connectivity index (χ1v) is 6.80. The number of hydrogen-bond donors (Lipinski definition) is 0. The molecule has 0 aliphatic rings. The standard InChI is InChI=1S/C15H17ClN2O2/c1-4-11-5-6-12(13(8-11)19-3)20-9-15-17-10(2)7-14(16)18-15/h5-8H,4,9H2,1-3H3. The molecule has 2 aromatic rings. The number of halogens is 1. The monoisotopic (exact) mass is 292 g/mol. The van der Waals surface area contributed by atoms with Crippen molar-refractivity contribution in [1.29, 1.82) is 0 Å². The van der Waals surface area contributed by atoms with Crippen LogP contribution >= 0.6 is 11.6 Å². The maximum Gasteiger partial charge on any atom is 0.167 e. The smallest absolute Gasteiger partial charge is 0.167 e. The molecule has 5 heteroatoms. The topological polar surface area (TPSA) is 44.2 Å². The molecule has 0 amide bonds. The van der Waals surface area contributed by atoms with E-state index in [2.05, 4.69) is 16.9 Å². The minimum Gasteiger partial charge on any atom is -0.493 e. The zero-order valence-electron chi connectivity index (χ0n) is 11.8. The van der Waals surface area contributed by atoms with E-state index in [-0.39, 0.29) is 6.61 Å². The Hall–Kier alpha value is -1.81. The molecule has 0 atom stereocenters. The van der Waals surface area contributed by atoms with Gasteiger partial charge in [-0.25, -0.2) is 9.97 Å². The average Bonchev–Trinajstić information content (AvgIpc) is 2.44. The summed E-state index contributed by atoms with van der Waals surface area (Å²) in [7, 11) is 1.63. The first-order valence-electron chi connectivity index (χ1n) is 6.42. The lowest BCUT2D eigenvalue weighted by molar-refractivity contribution is 0.276. The molecule has 1 heterocycles. The Labute approximate surface area is 123 Å². The van der Waals surface area contributed by atoms with Crippen LogP contribution in [0.4, 0.5) is 0 Å². The summed E-state index contributed by atoms with van der Waals surface area (Å²) < 4.78 is 11.0. The number of hydrogen-bond acceptors (Lipinski definition) is 4. The van der Waals surface area contributed by atoms with Gasteiger partial charge in [-0.1, -0.05) is 24.6 Å². The minimum atomic E-state index is 0.253. The lowest BCUT2D eigenvalue weighted by Crippen LogP contribution is -2.04. The Kier molecular flexibility index (Phi) is 4.79. The van der Waals surface area contributed by atoms with Crippen molar-refractivity contribution < 1.29 is 9.47 Å². The lowest BCUT2D eigenvalue weighted by Gasteiger charge is -2.11. The highest BCUT2D eigenvalue weighted by Crippen LogP contribution is 2.28. The van der Waals surface area contributed by atoms with Crippen molar-refractivity contribution in [3.8, 4) is 11.5 Å². The summed E-state index contributed by atoms with van der Waals surface area (Å²) in [6, 6.07) is 7.60. The van der Waals surface area contributed by atoms with Crippen LogP contribution in [0.1, 0.15) is 24.0 Å². The van der Waals surface area contributed by atoms with Crippen LogP contribution in [0, 0.1) is 6.92 Å². The van der Waals surface area contributed by atoms with Gasteiger partial charge in [-0.3, -0.25) is 0 Å². The summed E-state index contributed by atoms with van der Waals surface area (Å²) in [5.74, 6) is 1.94. The third kappa shape index (κ3) is 3.61. The van der Waals surface area contributed by atoms with Crippen molar-refractivity contribution >= 4 is 11.6 Å². The summed E-state index contributed by atoms with van der Waals surface area (Å²) in [4.78, 5) is 8.40. The van der Waals surface area contributed by atoms with Crippen LogP contribution in [-0.2, 0) is 13.0 Å². The first-order chi connectivity index (χ1) is 9.62. The molecule has 1 aromatic carbocycles. The SMILES string of the molecule is CCc1ccc(OCc2nc(C)cc(Cl)n2)c(OC)c1. The maximum atomic E-state index is 5.90. The van der Waals surface area contributed by atoms with Crippen molar-refractivity contribution in [2.75, 3.05) is 7.11 Å². The molecule has 0 N–H and O–H groups in total. The predicted octanol–water partition coefficient (Wildman–Crippen LogP) is 3.59. The van der Waals surface area contributed by atoms with Gasteiger partial charge in [0.05, 0.1) is 7.11 Å². The van der Waals surface area contributed by atoms with E-state index < -0.39 is 0 Å². The Bertz CT molecular complexity index is 582. The number of aryl methyl sites for hydroxylation is 2. The third-order valence-electron chi connectivity index (χ3n) is 2.86. The van der Waals surface area contributed by atoms with Gasteiger partial charge < -0.3 is 9.47 Å². The second-order valence-electron chi connectivity index (χ2n) is 4.38. The number of aromatic nitrogens is 2. The highest BCUT2D eigenvalue weighted by molar-refractivity contribution is 6.29. The molecule has 0 bridgehead atoms. The van der Waals surface area contributed by atoms with Gasteiger partial charge in [0.15, 0.2) is 17.3 Å². The van der Waals surface area contributed by atoms with Crippen LogP contribution in [0.2, 0.25) is 5.15 Å². The largest absolute Gasteiger partial charge is 0.493 e. The van der Waals surface area contributed by atoms with Crippen LogP contribution < -0.4 is 9.47 Å². The summed E-state index contributed by atoms with van der Waals surface area (Å²) in [5, 5.41) is 0.421. The third-order valence-corrected chi connectivity index (χ3v) is 3.06. The zero-order chi connectivity index (χ0) is 14.5. The fourth-order valence-electron chi connectivity index (χ4n) is 1.85. The van der Waals surface area contributed by atoms with E-state index in [0.29, 0.717) is 22.5 Å². The van der Waals surface area contributed by atoms with Crippen molar-refractivity contribution in [2.45, 2.75) is 26.9 Å². The second kappa shape index (κ2) is 6.57. The molecule has 2 rings (SSSR count). The molecule has 0 fully saturated rings. The number of ether oxygens (including phenoxy) is 2. The molecular weight excluding hydrogens is 276 g/mol. The normalized spacial score (nSPS) is 10.4. The van der Waals surface area contributed by atoms with Gasteiger partial charge >= 0.3 is 0 Å². The van der Waals surface area contributed by atoms with E-state index in [0.717, 1.165) is 12.1 Å². The molecule has 0 aliphatic carbocycles. The summed E-state index contributed by atoms with van der Waals surface area (Å²) >= 11 is 5.90. The van der Waals surface area contributed by atoms with Crippen molar-refractivity contribution in [1.82, 2.24) is 9.97 Å². The molecule has 0 saturated heterocycles. The van der Waals surface area contributed by atoms with Gasteiger partial charge in [0.25, 0.3) is 0 Å². The van der Waals surface area contributed by atoms with Crippen LogP contribution in [0.15, 0.2) is 24.3 Å². The average molecular weight is 293 g/mol. The molecule has 0 saturated carbocycles. The summed E-state index contributed by atoms with van der Waals surface area (Å²) in [5.41, 5.74) is 2.01. The van der Waals surface area contributed by atoms with Gasteiger partial charge in [-0.2, -0.15) is 0 Å². The lowest BCUT2D eigenvalue weighted by atomic mass is 10.1. The number of nitrogens with zero attached hydrogens (tertiary/aromatic N) is 2. The second-order valence-corrected chi connectivity index (χ2v) is 4.76. The molecule has 0 aliphatic heterocycles. The van der Waals surface area contributed by atoms with E-state index in [1.807, 2.05) is 25.1 Å². The molecule has 106 valence electrons. The van der Waals surface area contributed by atoms with E-state index >= 15 is 0 Å². The molecule has 20 heavy (non-hydrogen) atoms. The Morgan fingerprint density at radius 1 is 1.15 bits per heavy atom. The Balaban J connectivity index is 2.14. The van der Waals surface area contributed by atoms with E-state index in [4.69, 9.17) is 21.1 Å². The van der Waals surface area contributed by atoms with E-state index in [9.17, 15) is 0 Å². The molecule has 0 unspecified atom stereocenters. The van der Waals surface area contributed by atoms with Crippen LogP contribution in [0.3, 0.4) is 0 Å². The summed E-state index contributed by atoms with van der Waals surface area (Å²) in [6.45, 7) is 4.22. The highest BCUT2D eigenvalue weighted by Gasteiger charge is 2.07. The quantitative estimate of drug-likeness (QED) is 0.790. The van der Waals surface area contributed by atoms with Gasteiger partial charge in [0, 0.05) is 5.69 Å². The molecule has 0 spiro atoms. The predicted molar refractivity (Wildman–Crippen MR) is 78.5 cm³/mol. The molecular formula is C15H17ClN2O2. The Morgan fingerprint density at radius 2 is 1.95 bits per heavy atom. The maximum absolute atomic E-state index is 5.90. The number of methoxy groups -OCH3 is 1. The zero-order valence-corrected chi connectivity index (χ0v) is 12.6.